The number of halogens is 2. The van der Waals surface area contributed by atoms with E-state index in [4.69, 9.17) is 11.6 Å². The number of piperazine rings is 1. The minimum absolute atomic E-state index is 0.0399. The average molecular weight is 465 g/mol. The Kier molecular flexibility index (Phi) is 6.11. The Morgan fingerprint density at radius 2 is 1.75 bits per heavy atom. The number of hydrogen-bond acceptors (Lipinski definition) is 4. The van der Waals surface area contributed by atoms with Gasteiger partial charge in [-0.25, -0.2) is 9.18 Å². The monoisotopic (exact) mass is 464 g/mol. The molecule has 32 heavy (non-hydrogen) atoms. The molecule has 2 aliphatic heterocycles. The number of nitrogens with zero attached hydrogens (tertiary/aromatic N) is 3. The molecule has 1 aromatic carbocycles. The van der Waals surface area contributed by atoms with Crippen molar-refractivity contribution in [3.8, 4) is 0 Å². The molecular weight excluding hydrogens is 439 g/mol. The number of rotatable bonds is 3. The molecule has 3 aliphatic rings. The maximum Gasteiger partial charge on any atom is 0.325 e. The van der Waals surface area contributed by atoms with Crippen molar-refractivity contribution in [2.75, 3.05) is 32.7 Å². The number of benzene rings is 1. The van der Waals surface area contributed by atoms with Crippen LogP contribution in [0.1, 0.15) is 43.0 Å². The van der Waals surface area contributed by atoms with Gasteiger partial charge in [0.05, 0.1) is 10.6 Å². The second-order valence-corrected chi connectivity index (χ2v) is 9.29. The highest BCUT2D eigenvalue weighted by Gasteiger charge is 2.52. The largest absolute Gasteiger partial charge is 0.338 e. The van der Waals surface area contributed by atoms with Crippen molar-refractivity contribution >= 4 is 35.4 Å². The summed E-state index contributed by atoms with van der Waals surface area (Å²) in [4.78, 5) is 55.0. The normalized spacial score (nSPS) is 26.0. The predicted octanol–water partition coefficient (Wildman–Crippen LogP) is 2.26. The summed E-state index contributed by atoms with van der Waals surface area (Å²) in [5.74, 6) is -0.981. The molecular formula is C22H26ClFN4O4. The van der Waals surface area contributed by atoms with Crippen molar-refractivity contribution in [1.82, 2.24) is 20.0 Å². The molecule has 1 spiro atoms. The predicted molar refractivity (Wildman–Crippen MR) is 115 cm³/mol. The van der Waals surface area contributed by atoms with Crippen LogP contribution >= 0.6 is 11.6 Å². The third-order valence-electron chi connectivity index (χ3n) is 6.75. The number of amides is 5. The maximum atomic E-state index is 13.2. The minimum atomic E-state index is -0.872. The molecule has 0 radical (unpaired) electrons. The van der Waals surface area contributed by atoms with Crippen molar-refractivity contribution in [1.29, 1.82) is 0 Å². The summed E-state index contributed by atoms with van der Waals surface area (Å²) in [5.41, 5.74) is -0.664. The third-order valence-corrected chi connectivity index (χ3v) is 7.06. The Morgan fingerprint density at radius 3 is 2.38 bits per heavy atom. The van der Waals surface area contributed by atoms with Gasteiger partial charge in [0.2, 0.25) is 5.91 Å². The van der Waals surface area contributed by atoms with E-state index < -0.39 is 17.4 Å². The lowest BCUT2D eigenvalue weighted by Crippen LogP contribution is -2.53. The fourth-order valence-electron chi connectivity index (χ4n) is 4.64. The Balaban J connectivity index is 1.33. The first-order valence-corrected chi connectivity index (χ1v) is 11.2. The van der Waals surface area contributed by atoms with E-state index in [-0.39, 0.29) is 61.0 Å². The Bertz CT molecular complexity index is 955. The minimum Gasteiger partial charge on any atom is -0.338 e. The van der Waals surface area contributed by atoms with Crippen molar-refractivity contribution in [3.05, 3.63) is 34.6 Å². The number of carbonyl (C=O) groups is 4. The highest BCUT2D eigenvalue weighted by molar-refractivity contribution is 6.33. The fourth-order valence-corrected chi connectivity index (χ4v) is 4.89. The molecule has 3 fully saturated rings. The second-order valence-electron chi connectivity index (χ2n) is 8.88. The molecule has 1 aliphatic carbocycles. The van der Waals surface area contributed by atoms with Crippen LogP contribution in [0, 0.1) is 11.7 Å². The summed E-state index contributed by atoms with van der Waals surface area (Å²) in [6, 6.07) is 3.10. The standard InChI is InChI=1S/C22H26ClFN4O4/c1-14-4-6-22(7-5-14)20(31)28(21(32)25-22)13-18(29)26-8-10-27(11-9-26)19(30)16-3-2-15(24)12-17(16)23/h2-3,12,14H,4-11,13H2,1H3,(H,25,32). The van der Waals surface area contributed by atoms with Gasteiger partial charge in [-0.3, -0.25) is 19.3 Å². The van der Waals surface area contributed by atoms with Crippen LogP contribution in [0.3, 0.4) is 0 Å². The molecule has 10 heteroatoms. The fraction of sp³-hybridized carbons (Fsp3) is 0.545. The summed E-state index contributed by atoms with van der Waals surface area (Å²) >= 11 is 5.99. The molecule has 4 rings (SSSR count). The zero-order chi connectivity index (χ0) is 23.0. The molecule has 0 atom stereocenters. The summed E-state index contributed by atoms with van der Waals surface area (Å²) in [7, 11) is 0. The Labute approximate surface area is 190 Å². The van der Waals surface area contributed by atoms with E-state index in [0.29, 0.717) is 18.8 Å². The van der Waals surface area contributed by atoms with Crippen LogP contribution in [-0.2, 0) is 9.59 Å². The van der Waals surface area contributed by atoms with Crippen LogP contribution in [0.4, 0.5) is 9.18 Å². The number of carbonyl (C=O) groups excluding carboxylic acids is 4. The van der Waals surface area contributed by atoms with E-state index >= 15 is 0 Å². The molecule has 2 saturated heterocycles. The van der Waals surface area contributed by atoms with Gasteiger partial charge in [0.25, 0.3) is 11.8 Å². The molecule has 8 nitrogen and oxygen atoms in total. The molecule has 172 valence electrons. The molecule has 0 aromatic heterocycles. The number of nitrogens with one attached hydrogen (secondary N) is 1. The summed E-state index contributed by atoms with van der Waals surface area (Å²) in [6.45, 7) is 2.93. The van der Waals surface area contributed by atoms with Gasteiger partial charge in [-0.1, -0.05) is 18.5 Å². The molecule has 1 saturated carbocycles. The van der Waals surface area contributed by atoms with Crippen LogP contribution in [-0.4, -0.2) is 76.7 Å². The van der Waals surface area contributed by atoms with Gasteiger partial charge in [-0.2, -0.15) is 0 Å². The van der Waals surface area contributed by atoms with Gasteiger partial charge in [-0.15, -0.1) is 0 Å². The zero-order valence-electron chi connectivity index (χ0n) is 17.9. The highest BCUT2D eigenvalue weighted by Crippen LogP contribution is 2.36. The van der Waals surface area contributed by atoms with E-state index in [9.17, 15) is 23.6 Å². The van der Waals surface area contributed by atoms with Crippen molar-refractivity contribution < 1.29 is 23.6 Å². The summed E-state index contributed by atoms with van der Waals surface area (Å²) in [6.07, 6.45) is 2.91. The lowest BCUT2D eigenvalue weighted by Gasteiger charge is -2.36. The molecule has 0 bridgehead atoms. The van der Waals surface area contributed by atoms with Crippen molar-refractivity contribution in [3.63, 3.8) is 0 Å². The molecule has 1 aromatic rings. The molecule has 0 unspecified atom stereocenters. The average Bonchev–Trinajstić information content (AvgIpc) is 2.99. The summed E-state index contributed by atoms with van der Waals surface area (Å²) in [5, 5.41) is 2.86. The quantitative estimate of drug-likeness (QED) is 0.695. The van der Waals surface area contributed by atoms with Gasteiger partial charge >= 0.3 is 6.03 Å². The first-order chi connectivity index (χ1) is 15.2. The van der Waals surface area contributed by atoms with Crippen molar-refractivity contribution in [2.45, 2.75) is 38.1 Å². The van der Waals surface area contributed by atoms with E-state index in [1.165, 1.54) is 12.1 Å². The number of urea groups is 1. The SMILES string of the molecule is CC1CCC2(CC1)NC(=O)N(CC(=O)N1CCN(C(=O)c3ccc(F)cc3Cl)CC1)C2=O. The van der Waals surface area contributed by atoms with Gasteiger partial charge in [0.1, 0.15) is 17.9 Å². The molecule has 2 heterocycles. The topological polar surface area (TPSA) is 90.0 Å². The lowest BCUT2D eigenvalue weighted by molar-refractivity contribution is -0.140. The Hall–Kier alpha value is -2.68. The van der Waals surface area contributed by atoms with Gasteiger partial charge in [0.15, 0.2) is 0 Å². The molecule has 1 N–H and O–H groups in total. The summed E-state index contributed by atoms with van der Waals surface area (Å²) < 4.78 is 13.2. The van der Waals surface area contributed by atoms with Gasteiger partial charge in [-0.05, 0) is 49.8 Å². The smallest absolute Gasteiger partial charge is 0.325 e. The number of hydrogen-bond donors (Lipinski definition) is 1. The first-order valence-electron chi connectivity index (χ1n) is 10.9. The van der Waals surface area contributed by atoms with E-state index in [2.05, 4.69) is 12.2 Å². The van der Waals surface area contributed by atoms with Crippen LogP contribution in [0.2, 0.25) is 5.02 Å². The molecule has 5 amide bonds. The van der Waals surface area contributed by atoms with E-state index in [0.717, 1.165) is 23.8 Å². The van der Waals surface area contributed by atoms with Gasteiger partial charge in [0, 0.05) is 26.2 Å². The van der Waals surface area contributed by atoms with Crippen LogP contribution in [0.15, 0.2) is 18.2 Å². The lowest BCUT2D eigenvalue weighted by atomic mass is 9.77. The van der Waals surface area contributed by atoms with E-state index in [1.54, 1.807) is 9.80 Å². The van der Waals surface area contributed by atoms with E-state index in [1.807, 2.05) is 0 Å². The maximum absolute atomic E-state index is 13.2. The highest BCUT2D eigenvalue weighted by atomic mass is 35.5. The zero-order valence-corrected chi connectivity index (χ0v) is 18.7. The number of imide groups is 1. The van der Waals surface area contributed by atoms with Crippen molar-refractivity contribution in [2.24, 2.45) is 5.92 Å². The van der Waals surface area contributed by atoms with Crippen LogP contribution < -0.4 is 5.32 Å². The van der Waals surface area contributed by atoms with Gasteiger partial charge < -0.3 is 15.1 Å². The first kappa shape index (κ1) is 22.5. The second kappa shape index (κ2) is 8.69. The van der Waals surface area contributed by atoms with Crippen LogP contribution in [0.25, 0.3) is 0 Å². The Morgan fingerprint density at radius 1 is 1.12 bits per heavy atom. The van der Waals surface area contributed by atoms with Crippen LogP contribution in [0.5, 0.6) is 0 Å². The third kappa shape index (κ3) is 4.18.